The number of hydrogen-bond acceptors (Lipinski definition) is 3. The van der Waals surface area contributed by atoms with Crippen molar-refractivity contribution in [1.82, 2.24) is 9.13 Å². The van der Waals surface area contributed by atoms with Gasteiger partial charge in [-0.15, -0.1) is 0 Å². The minimum atomic E-state index is -3.75. The summed E-state index contributed by atoms with van der Waals surface area (Å²) in [7, 11) is -0.496. The second-order valence-corrected chi connectivity index (χ2v) is 7.23. The van der Waals surface area contributed by atoms with Gasteiger partial charge in [0, 0.05) is 14.1 Å². The van der Waals surface area contributed by atoms with Crippen LogP contribution in [0.1, 0.15) is 0 Å². The summed E-state index contributed by atoms with van der Waals surface area (Å²) in [5.74, 6) is 0. The Morgan fingerprint density at radius 2 is 1.57 bits per heavy atom. The van der Waals surface area contributed by atoms with Gasteiger partial charge in [-0.05, 0) is 24.3 Å². The van der Waals surface area contributed by atoms with Crippen molar-refractivity contribution in [1.29, 1.82) is 0 Å². The number of rotatable bonds is 3. The normalized spacial score (nSPS) is 11.8. The van der Waals surface area contributed by atoms with E-state index in [9.17, 15) is 13.2 Å². The maximum atomic E-state index is 12.4. The average molecular weight is 352 g/mol. The maximum Gasteiger partial charge on any atom is 0.328 e. The van der Waals surface area contributed by atoms with Crippen molar-refractivity contribution in [2.75, 3.05) is 4.72 Å². The fourth-order valence-electron chi connectivity index (χ4n) is 2.40. The first-order chi connectivity index (χ1) is 10.8. The number of halogens is 1. The van der Waals surface area contributed by atoms with E-state index in [0.29, 0.717) is 11.0 Å². The van der Waals surface area contributed by atoms with Gasteiger partial charge in [0.05, 0.1) is 26.6 Å². The van der Waals surface area contributed by atoms with E-state index in [-0.39, 0.29) is 21.3 Å². The Bertz CT molecular complexity index is 1050. The number of hydrogen-bond donors (Lipinski definition) is 1. The summed E-state index contributed by atoms with van der Waals surface area (Å²) in [6, 6.07) is 11.1. The van der Waals surface area contributed by atoms with Crippen LogP contribution in [-0.2, 0) is 24.1 Å². The molecule has 0 radical (unpaired) electrons. The molecule has 0 aliphatic carbocycles. The van der Waals surface area contributed by atoms with Crippen LogP contribution in [0.3, 0.4) is 0 Å². The fourth-order valence-corrected chi connectivity index (χ4v) is 3.75. The summed E-state index contributed by atoms with van der Waals surface area (Å²) in [5, 5.41) is 0.221. The molecule has 0 aliphatic rings. The smallest absolute Gasteiger partial charge is 0.295 e. The Kier molecular flexibility index (Phi) is 3.69. The summed E-state index contributed by atoms with van der Waals surface area (Å²) in [6.45, 7) is 0. The molecule has 0 aliphatic heterocycles. The molecule has 3 aromatic rings. The number of imidazole rings is 1. The van der Waals surface area contributed by atoms with Crippen LogP contribution in [0, 0.1) is 0 Å². The molecule has 1 aromatic heterocycles. The lowest BCUT2D eigenvalue weighted by atomic mass is 10.3. The second kappa shape index (κ2) is 5.43. The van der Waals surface area contributed by atoms with Crippen molar-refractivity contribution in [3.05, 3.63) is 58.0 Å². The second-order valence-electron chi connectivity index (χ2n) is 5.14. The van der Waals surface area contributed by atoms with E-state index in [1.54, 1.807) is 44.4 Å². The highest BCUT2D eigenvalue weighted by Gasteiger charge is 2.17. The predicted molar refractivity (Wildman–Crippen MR) is 90.4 cm³/mol. The molecule has 0 atom stereocenters. The third-order valence-corrected chi connectivity index (χ3v) is 5.35. The van der Waals surface area contributed by atoms with Crippen LogP contribution in [0.2, 0.25) is 5.02 Å². The van der Waals surface area contributed by atoms with Gasteiger partial charge in [-0.2, -0.15) is 0 Å². The van der Waals surface area contributed by atoms with Crippen molar-refractivity contribution >= 4 is 38.3 Å². The zero-order chi connectivity index (χ0) is 16.8. The van der Waals surface area contributed by atoms with Crippen molar-refractivity contribution in [2.24, 2.45) is 14.1 Å². The lowest BCUT2D eigenvalue weighted by Crippen LogP contribution is -2.19. The van der Waals surface area contributed by atoms with Gasteiger partial charge < -0.3 is 0 Å². The Morgan fingerprint density at radius 1 is 1.00 bits per heavy atom. The van der Waals surface area contributed by atoms with Crippen LogP contribution >= 0.6 is 11.6 Å². The summed E-state index contributed by atoms with van der Waals surface area (Å²) < 4.78 is 30.2. The molecular weight excluding hydrogens is 338 g/mol. The quantitative estimate of drug-likeness (QED) is 0.787. The van der Waals surface area contributed by atoms with Crippen molar-refractivity contribution in [3.8, 4) is 0 Å². The first-order valence-corrected chi connectivity index (χ1v) is 8.60. The molecule has 2 aromatic carbocycles. The third kappa shape index (κ3) is 2.62. The number of aromatic nitrogens is 2. The lowest BCUT2D eigenvalue weighted by Gasteiger charge is -2.10. The molecule has 0 fully saturated rings. The Hall–Kier alpha value is -2.25. The molecule has 0 spiro atoms. The minimum absolute atomic E-state index is 0.137. The Balaban J connectivity index is 2.13. The molecule has 1 heterocycles. The minimum Gasteiger partial charge on any atom is -0.295 e. The molecule has 1 N–H and O–H groups in total. The van der Waals surface area contributed by atoms with E-state index in [1.807, 2.05) is 0 Å². The van der Waals surface area contributed by atoms with Crippen molar-refractivity contribution < 1.29 is 8.42 Å². The number of nitrogens with zero attached hydrogens (tertiary/aromatic N) is 2. The fraction of sp³-hybridized carbons (Fsp3) is 0.133. The van der Waals surface area contributed by atoms with Gasteiger partial charge in [0.1, 0.15) is 0 Å². The Labute approximate surface area is 138 Å². The van der Waals surface area contributed by atoms with Crippen LogP contribution in [0.25, 0.3) is 11.0 Å². The standard InChI is InChI=1S/C15H14ClN3O3S/c1-18-13-8-11(16)12(9-14(13)19(2)15(18)20)17-23(21,22)10-6-4-3-5-7-10/h3-9,17H,1-2H3. The predicted octanol–water partition coefficient (Wildman–Crippen LogP) is 2.33. The molecular formula is C15H14ClN3O3S. The average Bonchev–Trinajstić information content (AvgIpc) is 2.73. The molecule has 0 bridgehead atoms. The van der Waals surface area contributed by atoms with E-state index in [4.69, 9.17) is 11.6 Å². The number of fused-ring (bicyclic) bond motifs is 1. The molecule has 3 rings (SSSR count). The zero-order valence-corrected chi connectivity index (χ0v) is 14.0. The number of nitrogens with one attached hydrogen (secondary N) is 1. The van der Waals surface area contributed by atoms with E-state index >= 15 is 0 Å². The van der Waals surface area contributed by atoms with Crippen LogP contribution in [-0.4, -0.2) is 17.6 Å². The molecule has 0 amide bonds. The Morgan fingerprint density at radius 3 is 2.17 bits per heavy atom. The first kappa shape index (κ1) is 15.6. The highest BCUT2D eigenvalue weighted by atomic mass is 35.5. The van der Waals surface area contributed by atoms with Crippen molar-refractivity contribution in [2.45, 2.75) is 4.90 Å². The number of anilines is 1. The van der Waals surface area contributed by atoms with Crippen LogP contribution in [0.4, 0.5) is 5.69 Å². The number of sulfonamides is 1. The van der Waals surface area contributed by atoms with Crippen LogP contribution in [0.15, 0.2) is 52.2 Å². The van der Waals surface area contributed by atoms with Gasteiger partial charge in [0.25, 0.3) is 10.0 Å². The topological polar surface area (TPSA) is 73.1 Å². The zero-order valence-electron chi connectivity index (χ0n) is 12.4. The van der Waals surface area contributed by atoms with E-state index in [1.165, 1.54) is 21.3 Å². The molecule has 0 saturated heterocycles. The van der Waals surface area contributed by atoms with E-state index < -0.39 is 10.0 Å². The van der Waals surface area contributed by atoms with Gasteiger partial charge in [-0.25, -0.2) is 13.2 Å². The lowest BCUT2D eigenvalue weighted by molar-refractivity contribution is 0.601. The van der Waals surface area contributed by atoms with Gasteiger partial charge in [-0.1, -0.05) is 29.8 Å². The highest BCUT2D eigenvalue weighted by molar-refractivity contribution is 7.92. The van der Waals surface area contributed by atoms with Crippen molar-refractivity contribution in [3.63, 3.8) is 0 Å². The highest BCUT2D eigenvalue weighted by Crippen LogP contribution is 2.29. The monoisotopic (exact) mass is 351 g/mol. The molecule has 0 unspecified atom stereocenters. The number of aryl methyl sites for hydroxylation is 2. The van der Waals surface area contributed by atoms with Gasteiger partial charge in [-0.3, -0.25) is 13.9 Å². The van der Waals surface area contributed by atoms with E-state index in [0.717, 1.165) is 0 Å². The molecule has 0 saturated carbocycles. The van der Waals surface area contributed by atoms with Gasteiger partial charge in [0.15, 0.2) is 0 Å². The van der Waals surface area contributed by atoms with Crippen LogP contribution < -0.4 is 10.4 Å². The van der Waals surface area contributed by atoms with Gasteiger partial charge >= 0.3 is 5.69 Å². The van der Waals surface area contributed by atoms with Crippen LogP contribution in [0.5, 0.6) is 0 Å². The molecule has 6 nitrogen and oxygen atoms in total. The molecule has 120 valence electrons. The van der Waals surface area contributed by atoms with E-state index in [2.05, 4.69) is 4.72 Å². The SMILES string of the molecule is Cn1c(=O)n(C)c2cc(NS(=O)(=O)c3ccccc3)c(Cl)cc21. The largest absolute Gasteiger partial charge is 0.328 e. The molecule has 23 heavy (non-hydrogen) atoms. The third-order valence-electron chi connectivity index (χ3n) is 3.66. The maximum absolute atomic E-state index is 12.4. The van der Waals surface area contributed by atoms with Gasteiger partial charge in [0.2, 0.25) is 0 Å². The number of benzene rings is 2. The summed E-state index contributed by atoms with van der Waals surface area (Å²) in [5.41, 5.74) is 1.24. The summed E-state index contributed by atoms with van der Waals surface area (Å²) >= 11 is 6.18. The molecule has 8 heteroatoms. The summed E-state index contributed by atoms with van der Waals surface area (Å²) in [4.78, 5) is 12.1. The summed E-state index contributed by atoms with van der Waals surface area (Å²) in [6.07, 6.45) is 0. The first-order valence-electron chi connectivity index (χ1n) is 6.74.